The molecule has 0 spiro atoms. The highest BCUT2D eigenvalue weighted by Gasteiger charge is 2.15. The zero-order chi connectivity index (χ0) is 23.4. The van der Waals surface area contributed by atoms with Gasteiger partial charge in [0.15, 0.2) is 17.3 Å². The summed E-state index contributed by atoms with van der Waals surface area (Å²) >= 11 is 6.49. The molecule has 0 radical (unpaired) electrons. The number of aromatic nitrogens is 2. The molecule has 33 heavy (non-hydrogen) atoms. The Labute approximate surface area is 197 Å². The van der Waals surface area contributed by atoms with Crippen molar-refractivity contribution in [3.05, 3.63) is 87.7 Å². The molecule has 4 rings (SSSR count). The van der Waals surface area contributed by atoms with Gasteiger partial charge in [-0.05, 0) is 43.2 Å². The van der Waals surface area contributed by atoms with Crippen LogP contribution in [0.1, 0.15) is 25.8 Å². The Morgan fingerprint density at radius 1 is 1.12 bits per heavy atom. The van der Waals surface area contributed by atoms with Gasteiger partial charge in [-0.2, -0.15) is 9.78 Å². The van der Waals surface area contributed by atoms with Crippen molar-refractivity contribution in [2.75, 3.05) is 7.11 Å². The predicted octanol–water partition coefficient (Wildman–Crippen LogP) is 5.79. The molecule has 0 amide bonds. The normalized spacial score (nSPS) is 12.2. The number of rotatable bonds is 7. The minimum absolute atomic E-state index is 0.00778. The van der Waals surface area contributed by atoms with Gasteiger partial charge in [-0.3, -0.25) is 4.79 Å². The molecule has 0 bridgehead atoms. The van der Waals surface area contributed by atoms with Gasteiger partial charge >= 0.3 is 0 Å². The maximum absolute atomic E-state index is 13.3. The summed E-state index contributed by atoms with van der Waals surface area (Å²) in [5.74, 6) is 1.43. The van der Waals surface area contributed by atoms with Crippen molar-refractivity contribution >= 4 is 28.7 Å². The second kappa shape index (κ2) is 9.88. The van der Waals surface area contributed by atoms with Crippen LogP contribution in [0.15, 0.2) is 76.6 Å². The number of ether oxygens (including phenoxy) is 2. The molecular weight excluding hydrogens is 438 g/mol. The molecule has 1 atom stereocenters. The van der Waals surface area contributed by atoms with Gasteiger partial charge < -0.3 is 9.47 Å². The molecule has 0 saturated heterocycles. The third-order valence-electron chi connectivity index (χ3n) is 5.25. The fraction of sp³-hybridized carbons (Fsp3) is 0.192. The third-order valence-corrected chi connectivity index (χ3v) is 5.53. The van der Waals surface area contributed by atoms with Crippen molar-refractivity contribution < 1.29 is 9.47 Å². The lowest BCUT2D eigenvalue weighted by atomic mass is 10.2. The smallest absolute Gasteiger partial charge is 0.282 e. The molecule has 4 aromatic rings. The van der Waals surface area contributed by atoms with Gasteiger partial charge in [-0.1, -0.05) is 61.0 Å². The monoisotopic (exact) mass is 461 g/mol. The molecular formula is C26H24ClN3O3. The average Bonchev–Trinajstić information content (AvgIpc) is 2.85. The molecule has 0 aliphatic rings. The van der Waals surface area contributed by atoms with E-state index in [1.165, 1.54) is 4.68 Å². The van der Waals surface area contributed by atoms with E-state index in [2.05, 4.69) is 5.10 Å². The molecule has 7 heteroatoms. The highest BCUT2D eigenvalue weighted by molar-refractivity contribution is 6.32. The van der Waals surface area contributed by atoms with Gasteiger partial charge in [-0.15, -0.1) is 0 Å². The second-order valence-corrected chi connectivity index (χ2v) is 7.96. The number of hydrogen-bond acceptors (Lipinski definition) is 5. The average molecular weight is 462 g/mol. The number of nitrogens with zero attached hydrogens (tertiary/aromatic N) is 3. The fourth-order valence-electron chi connectivity index (χ4n) is 3.34. The summed E-state index contributed by atoms with van der Waals surface area (Å²) in [5.41, 5.74) is 1.80. The fourth-order valence-corrected chi connectivity index (χ4v) is 3.61. The lowest BCUT2D eigenvalue weighted by molar-refractivity contribution is 0.208. The first-order valence-electron chi connectivity index (χ1n) is 10.7. The zero-order valence-corrected chi connectivity index (χ0v) is 19.4. The van der Waals surface area contributed by atoms with Crippen molar-refractivity contribution in [2.24, 2.45) is 5.10 Å². The molecule has 0 aliphatic heterocycles. The summed E-state index contributed by atoms with van der Waals surface area (Å²) in [6.07, 6.45) is 2.39. The van der Waals surface area contributed by atoms with E-state index in [1.54, 1.807) is 31.5 Å². The van der Waals surface area contributed by atoms with Crippen LogP contribution in [0.5, 0.6) is 11.5 Å². The summed E-state index contributed by atoms with van der Waals surface area (Å²) in [4.78, 5) is 18.0. The lowest BCUT2D eigenvalue weighted by Gasteiger charge is -2.17. The zero-order valence-electron chi connectivity index (χ0n) is 18.7. The van der Waals surface area contributed by atoms with Crippen LogP contribution in [-0.4, -0.2) is 29.1 Å². The highest BCUT2D eigenvalue weighted by Crippen LogP contribution is 2.37. The SMILES string of the molecule is CC[C@H](C)Oc1c(Cl)cc(C=Nn2c(-c3ccccc3)nc3ccccc3c2=O)cc1OC. The van der Waals surface area contributed by atoms with Gasteiger partial charge in [0.2, 0.25) is 0 Å². The van der Waals surface area contributed by atoms with Crippen molar-refractivity contribution in [1.82, 2.24) is 9.66 Å². The summed E-state index contributed by atoms with van der Waals surface area (Å²) in [6, 6.07) is 20.2. The van der Waals surface area contributed by atoms with E-state index in [1.807, 2.05) is 62.4 Å². The largest absolute Gasteiger partial charge is 0.493 e. The van der Waals surface area contributed by atoms with Gasteiger partial charge in [0.1, 0.15) is 0 Å². The van der Waals surface area contributed by atoms with E-state index >= 15 is 0 Å². The summed E-state index contributed by atoms with van der Waals surface area (Å²) in [7, 11) is 1.56. The van der Waals surface area contributed by atoms with Crippen LogP contribution < -0.4 is 15.0 Å². The van der Waals surface area contributed by atoms with E-state index in [-0.39, 0.29) is 11.7 Å². The van der Waals surface area contributed by atoms with Gasteiger partial charge in [0.05, 0.1) is 35.4 Å². The van der Waals surface area contributed by atoms with E-state index in [0.717, 1.165) is 12.0 Å². The highest BCUT2D eigenvalue weighted by atomic mass is 35.5. The molecule has 0 saturated carbocycles. The summed E-state index contributed by atoms with van der Waals surface area (Å²) < 4.78 is 12.7. The topological polar surface area (TPSA) is 65.7 Å². The van der Waals surface area contributed by atoms with Crippen molar-refractivity contribution in [2.45, 2.75) is 26.4 Å². The minimum atomic E-state index is -0.259. The van der Waals surface area contributed by atoms with Crippen LogP contribution in [0.3, 0.4) is 0 Å². The first-order valence-corrected chi connectivity index (χ1v) is 11.1. The Bertz CT molecular complexity index is 1370. The van der Waals surface area contributed by atoms with E-state index in [9.17, 15) is 4.79 Å². The van der Waals surface area contributed by atoms with Crippen LogP contribution in [0.2, 0.25) is 5.02 Å². The number of para-hydroxylation sites is 1. The predicted molar refractivity (Wildman–Crippen MR) is 133 cm³/mol. The number of hydrogen-bond donors (Lipinski definition) is 0. The number of halogens is 1. The Morgan fingerprint density at radius 2 is 1.85 bits per heavy atom. The van der Waals surface area contributed by atoms with E-state index in [4.69, 9.17) is 26.1 Å². The Kier molecular flexibility index (Phi) is 6.75. The first kappa shape index (κ1) is 22.6. The van der Waals surface area contributed by atoms with E-state index in [0.29, 0.717) is 38.8 Å². The molecule has 0 aliphatic carbocycles. The van der Waals surface area contributed by atoms with Crippen molar-refractivity contribution in [1.29, 1.82) is 0 Å². The molecule has 0 fully saturated rings. The number of fused-ring (bicyclic) bond motifs is 1. The number of benzene rings is 3. The molecule has 1 aromatic heterocycles. The third kappa shape index (κ3) is 4.76. The van der Waals surface area contributed by atoms with E-state index < -0.39 is 0 Å². The summed E-state index contributed by atoms with van der Waals surface area (Å²) in [6.45, 7) is 4.00. The Balaban J connectivity index is 1.82. The van der Waals surface area contributed by atoms with Gasteiger partial charge in [0, 0.05) is 5.56 Å². The number of methoxy groups -OCH3 is 1. The van der Waals surface area contributed by atoms with Crippen molar-refractivity contribution in [3.63, 3.8) is 0 Å². The van der Waals surface area contributed by atoms with Crippen LogP contribution in [0.25, 0.3) is 22.3 Å². The summed E-state index contributed by atoms with van der Waals surface area (Å²) in [5, 5.41) is 5.38. The quantitative estimate of drug-likeness (QED) is 0.327. The molecule has 3 aromatic carbocycles. The van der Waals surface area contributed by atoms with Gasteiger partial charge in [0.25, 0.3) is 5.56 Å². The molecule has 0 N–H and O–H groups in total. The Hall–Kier alpha value is -3.64. The molecule has 1 heterocycles. The molecule has 0 unspecified atom stereocenters. The lowest BCUT2D eigenvalue weighted by Crippen LogP contribution is -2.20. The second-order valence-electron chi connectivity index (χ2n) is 7.55. The first-order chi connectivity index (χ1) is 16.0. The minimum Gasteiger partial charge on any atom is -0.493 e. The molecule has 168 valence electrons. The molecule has 6 nitrogen and oxygen atoms in total. The van der Waals surface area contributed by atoms with Crippen LogP contribution in [0.4, 0.5) is 0 Å². The van der Waals surface area contributed by atoms with Crippen molar-refractivity contribution in [3.8, 4) is 22.9 Å². The maximum atomic E-state index is 13.3. The standard InChI is InChI=1S/C26H24ClN3O3/c1-4-17(2)33-24-21(27)14-18(15-23(24)32-3)16-28-30-25(19-10-6-5-7-11-19)29-22-13-9-8-12-20(22)26(30)31/h5-17H,4H2,1-3H3/t17-/m0/s1. The van der Waals surface area contributed by atoms with Crippen LogP contribution >= 0.6 is 11.6 Å². The van der Waals surface area contributed by atoms with Crippen LogP contribution in [-0.2, 0) is 0 Å². The maximum Gasteiger partial charge on any atom is 0.282 e. The Morgan fingerprint density at radius 3 is 2.58 bits per heavy atom. The van der Waals surface area contributed by atoms with Gasteiger partial charge in [-0.25, -0.2) is 4.98 Å². The van der Waals surface area contributed by atoms with Crippen LogP contribution in [0, 0.1) is 0 Å².